The van der Waals surface area contributed by atoms with E-state index in [-0.39, 0.29) is 48.0 Å². The second-order valence-corrected chi connectivity index (χ2v) is 21.5. The Morgan fingerprint density at radius 1 is 0.495 bits per heavy atom. The van der Waals surface area contributed by atoms with Gasteiger partial charge in [-0.05, 0) is 151 Å². The zero-order valence-corrected chi connectivity index (χ0v) is 56.5. The second-order valence-electron chi connectivity index (χ2n) is 21.5. The number of carboxylic acid groups (broad SMARTS) is 1. The number of nitrogens with two attached hydrogens (primary N) is 1. The molecule has 6 aromatic heterocycles. The van der Waals surface area contributed by atoms with Gasteiger partial charge in [0.05, 0.1) is 45.5 Å². The molecule has 0 aliphatic carbocycles. The second kappa shape index (κ2) is 34.0. The number of esters is 1. The third-order valence-corrected chi connectivity index (χ3v) is 14.6. The summed E-state index contributed by atoms with van der Waals surface area (Å²) < 4.78 is 26.0. The van der Waals surface area contributed by atoms with Crippen LogP contribution in [0.15, 0.2) is 72.8 Å². The summed E-state index contributed by atoms with van der Waals surface area (Å²) in [6.45, 7) is 26.0. The van der Waals surface area contributed by atoms with Crippen LogP contribution in [0, 0.1) is 62.3 Å². The molecule has 3 atom stereocenters. The number of hydrazine groups is 2. The summed E-state index contributed by atoms with van der Waals surface area (Å²) >= 11 is 0. The molecule has 27 nitrogen and oxygen atoms in total. The number of nitrogens with one attached hydrogen (secondary N) is 6. The summed E-state index contributed by atoms with van der Waals surface area (Å²) in [5.74, 6) is 6.85. The number of carbonyl (C=O) groups is 5. The molecular weight excluding hydrogens is 1190 g/mol. The molecule has 0 aliphatic heterocycles. The molecule has 0 saturated carbocycles. The number of methoxy groups -OCH3 is 4. The average molecular weight is 1270 g/mol. The van der Waals surface area contributed by atoms with E-state index in [1.165, 1.54) is 21.0 Å². The molecule has 492 valence electrons. The van der Waals surface area contributed by atoms with Gasteiger partial charge in [0.15, 0.2) is 16.9 Å². The zero-order chi connectivity index (χ0) is 67.1. The Labute approximate surface area is 552 Å². The number of carboxylic acids is 1. The number of nitrogens with zero attached hydrogens (tertiary/aromatic N) is 9. The number of rotatable bonds is 18. The molecule has 3 aromatic carbocycles. The molecule has 6 heterocycles. The van der Waals surface area contributed by atoms with Crippen LogP contribution in [-0.2, 0) is 28.7 Å². The van der Waals surface area contributed by atoms with Crippen molar-refractivity contribution in [2.45, 2.75) is 134 Å². The topological polar surface area (TPSA) is 361 Å². The van der Waals surface area contributed by atoms with Crippen LogP contribution in [0.25, 0.3) is 50.3 Å². The van der Waals surface area contributed by atoms with Crippen molar-refractivity contribution >= 4 is 64.1 Å². The molecule has 0 spiro atoms. The number of hydrogen-bond acceptors (Lipinski definition) is 20. The number of amides is 3. The number of ether oxygens (including phenoxy) is 4. The molecule has 0 saturated heterocycles. The predicted octanol–water partition coefficient (Wildman–Crippen LogP) is 5.81. The van der Waals surface area contributed by atoms with E-state index in [1.54, 1.807) is 34.9 Å². The molecule has 9 rings (SSSR count). The Kier molecular flexibility index (Phi) is 27.7. The first-order valence-electron chi connectivity index (χ1n) is 29.5. The summed E-state index contributed by atoms with van der Waals surface area (Å²) in [7, 11) is 6.33. The first kappa shape index (κ1) is 75.6. The van der Waals surface area contributed by atoms with Gasteiger partial charge < -0.3 is 45.5 Å². The number of carbonyl (C=O) groups excluding carboxylic acids is 4. The molecule has 10 N–H and O–H groups in total. The minimum atomic E-state index is -0.893. The van der Waals surface area contributed by atoms with Gasteiger partial charge in [0.25, 0.3) is 5.91 Å². The monoisotopic (exact) mass is 1270 g/mol. The Bertz CT molecular complexity index is 4130. The van der Waals surface area contributed by atoms with Crippen LogP contribution < -0.4 is 71.1 Å². The molecule has 0 bridgehead atoms. The van der Waals surface area contributed by atoms with Crippen molar-refractivity contribution in [3.8, 4) is 50.6 Å². The first-order valence-corrected chi connectivity index (χ1v) is 29.5. The fourth-order valence-corrected chi connectivity index (χ4v) is 10.1. The Morgan fingerprint density at radius 2 is 0.806 bits per heavy atom. The van der Waals surface area contributed by atoms with Gasteiger partial charge in [0, 0.05) is 65.8 Å². The third-order valence-electron chi connectivity index (χ3n) is 14.6. The fourth-order valence-electron chi connectivity index (χ4n) is 10.1. The van der Waals surface area contributed by atoms with Crippen molar-refractivity contribution in [1.29, 1.82) is 0 Å². The smallest absolute Gasteiger partial charge is 0.870 e. The fraction of sp³-hybridized carbons (Fsp3) is 0.369. The van der Waals surface area contributed by atoms with Crippen molar-refractivity contribution in [2.24, 2.45) is 5.84 Å². The summed E-state index contributed by atoms with van der Waals surface area (Å²) in [5.41, 5.74) is 22.8. The van der Waals surface area contributed by atoms with E-state index in [9.17, 15) is 29.1 Å². The van der Waals surface area contributed by atoms with E-state index in [0.717, 1.165) is 107 Å². The molecule has 28 heteroatoms. The SMILES string of the molecule is CC(=O)NN.CCC(Nc1cc(C)nc2c(-c3ccc(OC)cc3C)c(C)nn12)C(=O)NNC(C)=O.CCC(Nc1cc(C)nc2c(-c3ccc(OC)cc3C)c(C)nn12)C(=O)O.CCC(Nc1cc(C)nc2c(-c3ccc(OC)cc3C)c(C)nn12)C(=O)OC.[Li+].[OH-]. The maximum Gasteiger partial charge on any atom is 1.00 e. The molecule has 93 heavy (non-hydrogen) atoms. The van der Waals surface area contributed by atoms with E-state index in [2.05, 4.69) is 42.7 Å². The normalized spacial score (nSPS) is 11.5. The van der Waals surface area contributed by atoms with Gasteiger partial charge in [-0.1, -0.05) is 39.0 Å². The van der Waals surface area contributed by atoms with Gasteiger partial charge in [-0.25, -0.2) is 30.4 Å². The number of aliphatic carboxylic acids is 1. The third kappa shape index (κ3) is 18.2. The van der Waals surface area contributed by atoms with Crippen LogP contribution >= 0.6 is 0 Å². The number of benzene rings is 3. The maximum atomic E-state index is 12.5. The van der Waals surface area contributed by atoms with Crippen LogP contribution in [0.5, 0.6) is 17.2 Å². The van der Waals surface area contributed by atoms with E-state index < -0.39 is 24.1 Å². The molecule has 3 amide bonds. The van der Waals surface area contributed by atoms with Gasteiger partial charge in [-0.2, -0.15) is 28.8 Å². The van der Waals surface area contributed by atoms with E-state index in [1.807, 2.05) is 161 Å². The molecule has 9 aromatic rings. The van der Waals surface area contributed by atoms with Gasteiger partial charge in [0.1, 0.15) is 52.8 Å². The zero-order valence-electron chi connectivity index (χ0n) is 56.5. The van der Waals surface area contributed by atoms with Crippen LogP contribution in [0.1, 0.15) is 105 Å². The van der Waals surface area contributed by atoms with Crippen molar-refractivity contribution in [3.63, 3.8) is 0 Å². The summed E-state index contributed by atoms with van der Waals surface area (Å²) in [5, 5.41) is 33.0. The summed E-state index contributed by atoms with van der Waals surface area (Å²) in [4.78, 5) is 70.7. The maximum absolute atomic E-state index is 12.5. The van der Waals surface area contributed by atoms with Crippen molar-refractivity contribution in [1.82, 2.24) is 60.1 Å². The minimum absolute atomic E-state index is 0. The first-order chi connectivity index (χ1) is 43.3. The minimum Gasteiger partial charge on any atom is -0.870 e. The van der Waals surface area contributed by atoms with Gasteiger partial charge in [-0.15, -0.1) is 0 Å². The largest absolute Gasteiger partial charge is 1.00 e. The van der Waals surface area contributed by atoms with Crippen LogP contribution in [0.3, 0.4) is 0 Å². The van der Waals surface area contributed by atoms with Gasteiger partial charge in [-0.3, -0.25) is 30.7 Å². The number of fused-ring (bicyclic) bond motifs is 3. The number of aryl methyl sites for hydroxylation is 9. The van der Waals surface area contributed by atoms with Gasteiger partial charge in [0.2, 0.25) is 11.8 Å². The number of hydrogen-bond donors (Lipinski definition) is 8. The van der Waals surface area contributed by atoms with E-state index in [4.69, 9.17) is 39.1 Å². The Hall–Kier alpha value is -9.81. The molecule has 3 unspecified atom stereocenters. The molecule has 0 aliphatic rings. The Balaban J connectivity index is 0.000000284. The Morgan fingerprint density at radius 3 is 1.06 bits per heavy atom. The molecule has 0 fully saturated rings. The number of anilines is 3. The van der Waals surface area contributed by atoms with Crippen molar-refractivity contribution < 1.29 is 72.4 Å². The van der Waals surface area contributed by atoms with Gasteiger partial charge >= 0.3 is 30.8 Å². The predicted molar refractivity (Wildman–Crippen MR) is 352 cm³/mol. The van der Waals surface area contributed by atoms with Crippen LogP contribution in [-0.4, -0.2) is 131 Å². The summed E-state index contributed by atoms with van der Waals surface area (Å²) in [6.07, 6.45) is 1.57. The molecule has 0 radical (unpaired) electrons. The van der Waals surface area contributed by atoms with E-state index in [0.29, 0.717) is 48.0 Å². The van der Waals surface area contributed by atoms with Crippen molar-refractivity contribution in [3.05, 3.63) is 124 Å². The van der Waals surface area contributed by atoms with Crippen molar-refractivity contribution in [2.75, 3.05) is 44.4 Å². The summed E-state index contributed by atoms with van der Waals surface area (Å²) in [6, 6.07) is 21.6. The molecular formula is C65H85LiN16O11. The quantitative estimate of drug-likeness (QED) is 0.0165. The van der Waals surface area contributed by atoms with E-state index >= 15 is 0 Å². The van der Waals surface area contributed by atoms with Crippen LogP contribution in [0.4, 0.5) is 17.5 Å². The van der Waals surface area contributed by atoms with Crippen LogP contribution in [0.2, 0.25) is 0 Å². The average Bonchev–Trinajstić information content (AvgIpc) is 1.66. The standard InChI is InChI=1S/C22H28N6O3.C21H26N4O3.C20H24N4O3.C2H6N2O.Li.H2O/c1-7-18(22(30)26-25-15(5)29)24-19-11-13(3)23-21-20(14(4)27-28(19)21)17-9-8-16(31-6)10-12(17)2;1-7-17(21(26)28-6)23-18-11-13(3)22-20-19(14(4)24-25(18)20)16-9-8-15(27-5)10-12(16)2;1-6-16(20(25)26)22-17-10-12(3)21-19-18(13(4)23-24(17)19)15-8-7-14(27-5)9-11(15)2;1-2(5)4-3;;/h8-11,18,24H,7H2,1-6H3,(H,25,29)(H,26,30);8-11,17,23H,7H2,1-6H3;7-10,16,22H,6H2,1-5H3,(H,25,26);3H2,1H3,(H,4,5);;1H2/q;;;;+1;/p-1. The number of aromatic nitrogens is 9.